The summed E-state index contributed by atoms with van der Waals surface area (Å²) in [5.74, 6) is 0.742. The van der Waals surface area contributed by atoms with Crippen molar-refractivity contribution < 1.29 is 14.6 Å². The molecule has 1 rings (SSSR count). The van der Waals surface area contributed by atoms with Crippen molar-refractivity contribution in [2.24, 2.45) is 4.99 Å². The molecule has 24 heavy (non-hydrogen) atoms. The first kappa shape index (κ1) is 23.8. The van der Waals surface area contributed by atoms with E-state index in [1.165, 1.54) is 0 Å². The Bertz CT molecular complexity index is 337. The van der Waals surface area contributed by atoms with Gasteiger partial charge in [-0.05, 0) is 27.2 Å². The number of hydrogen-bond donors (Lipinski definition) is 3. The van der Waals surface area contributed by atoms with Gasteiger partial charge in [-0.15, -0.1) is 24.0 Å². The third-order valence-corrected chi connectivity index (χ3v) is 3.55. The molecule has 1 atom stereocenters. The Hall–Kier alpha value is -0.160. The summed E-state index contributed by atoms with van der Waals surface area (Å²) in [6, 6.07) is 0. The lowest BCUT2D eigenvalue weighted by Crippen LogP contribution is -2.48. The van der Waals surface area contributed by atoms with Crippen LogP contribution in [0.15, 0.2) is 4.99 Å². The van der Waals surface area contributed by atoms with E-state index in [9.17, 15) is 5.11 Å². The van der Waals surface area contributed by atoms with Gasteiger partial charge in [0.1, 0.15) is 0 Å². The zero-order chi connectivity index (χ0) is 17.0. The maximum Gasteiger partial charge on any atom is 0.191 e. The highest BCUT2D eigenvalue weighted by atomic mass is 127. The molecule has 3 N–H and O–H groups in total. The van der Waals surface area contributed by atoms with E-state index >= 15 is 0 Å². The summed E-state index contributed by atoms with van der Waals surface area (Å²) >= 11 is 0. The Morgan fingerprint density at radius 3 is 2.62 bits per heavy atom. The Balaban J connectivity index is 0.00000529. The van der Waals surface area contributed by atoms with E-state index in [1.54, 1.807) is 0 Å². The number of hydrogen-bond acceptors (Lipinski definition) is 5. The number of nitrogens with one attached hydrogen (secondary N) is 2. The fourth-order valence-corrected chi connectivity index (χ4v) is 2.41. The highest BCUT2D eigenvalue weighted by Gasteiger charge is 2.25. The van der Waals surface area contributed by atoms with Crippen LogP contribution in [0.3, 0.4) is 0 Å². The number of nitrogens with zero attached hydrogens (tertiary/aromatic N) is 2. The minimum atomic E-state index is -0.842. The van der Waals surface area contributed by atoms with Crippen molar-refractivity contribution in [2.45, 2.75) is 32.8 Å². The van der Waals surface area contributed by atoms with Crippen molar-refractivity contribution in [1.29, 1.82) is 0 Å². The molecule has 0 radical (unpaired) electrons. The molecule has 1 aliphatic rings. The summed E-state index contributed by atoms with van der Waals surface area (Å²) in [5.41, 5.74) is -0.842. The summed E-state index contributed by atoms with van der Waals surface area (Å²) in [6.07, 6.45) is 0.933. The van der Waals surface area contributed by atoms with Gasteiger partial charge in [0.05, 0.1) is 25.4 Å². The first-order chi connectivity index (χ1) is 11.1. The topological polar surface area (TPSA) is 78.4 Å². The highest BCUT2D eigenvalue weighted by molar-refractivity contribution is 14.0. The molecule has 1 saturated heterocycles. The van der Waals surface area contributed by atoms with E-state index in [-0.39, 0.29) is 24.0 Å². The zero-order valence-electron chi connectivity index (χ0n) is 15.3. The Kier molecular flexibility index (Phi) is 14.0. The van der Waals surface area contributed by atoms with Gasteiger partial charge < -0.3 is 25.2 Å². The van der Waals surface area contributed by atoms with Crippen LogP contribution < -0.4 is 10.6 Å². The monoisotopic (exact) mass is 458 g/mol. The minimum Gasteiger partial charge on any atom is -0.387 e. The van der Waals surface area contributed by atoms with Gasteiger partial charge in [0.2, 0.25) is 0 Å². The number of halogens is 1. The SMILES string of the molecule is CCNC(=NCC(C)(O)CN1CCOCC1)NCCCOCC.I. The quantitative estimate of drug-likeness (QED) is 0.193. The lowest BCUT2D eigenvalue weighted by atomic mass is 10.1. The fourth-order valence-electron chi connectivity index (χ4n) is 2.41. The van der Waals surface area contributed by atoms with Crippen LogP contribution in [0.4, 0.5) is 0 Å². The molecule has 0 spiro atoms. The molecule has 1 heterocycles. The molecule has 1 aliphatic heterocycles. The summed E-state index contributed by atoms with van der Waals surface area (Å²) in [7, 11) is 0. The van der Waals surface area contributed by atoms with E-state index in [2.05, 4.69) is 20.5 Å². The first-order valence-electron chi connectivity index (χ1n) is 8.70. The van der Waals surface area contributed by atoms with Gasteiger partial charge in [-0.2, -0.15) is 0 Å². The molecular formula is C16H35IN4O3. The maximum absolute atomic E-state index is 10.6. The molecule has 0 amide bonds. The first-order valence-corrected chi connectivity index (χ1v) is 8.70. The van der Waals surface area contributed by atoms with Crippen LogP contribution in [0.1, 0.15) is 27.2 Å². The smallest absolute Gasteiger partial charge is 0.191 e. The van der Waals surface area contributed by atoms with Gasteiger partial charge in [-0.3, -0.25) is 9.89 Å². The normalized spacial score (nSPS) is 18.6. The van der Waals surface area contributed by atoms with Gasteiger partial charge in [0, 0.05) is 45.9 Å². The lowest BCUT2D eigenvalue weighted by molar-refractivity contribution is -0.0180. The van der Waals surface area contributed by atoms with E-state index in [0.717, 1.165) is 65.0 Å². The molecule has 0 aromatic carbocycles. The van der Waals surface area contributed by atoms with Gasteiger partial charge in [-0.25, -0.2) is 0 Å². The molecule has 7 nitrogen and oxygen atoms in total. The minimum absolute atomic E-state index is 0. The van der Waals surface area contributed by atoms with Crippen LogP contribution in [-0.4, -0.2) is 87.3 Å². The molecule has 0 aromatic rings. The van der Waals surface area contributed by atoms with Gasteiger partial charge >= 0.3 is 0 Å². The molecule has 144 valence electrons. The number of morpholine rings is 1. The lowest BCUT2D eigenvalue weighted by Gasteiger charge is -2.33. The Labute approximate surface area is 163 Å². The predicted molar refractivity (Wildman–Crippen MR) is 108 cm³/mol. The van der Waals surface area contributed by atoms with Crippen LogP contribution in [0.25, 0.3) is 0 Å². The molecule has 0 saturated carbocycles. The second-order valence-electron chi connectivity index (χ2n) is 6.06. The number of ether oxygens (including phenoxy) is 2. The summed E-state index contributed by atoms with van der Waals surface area (Å²) in [6.45, 7) is 13.2. The van der Waals surface area contributed by atoms with Gasteiger partial charge in [-0.1, -0.05) is 0 Å². The van der Waals surface area contributed by atoms with Crippen molar-refractivity contribution >= 4 is 29.9 Å². The predicted octanol–water partition coefficient (Wildman–Crippen LogP) is 0.669. The van der Waals surface area contributed by atoms with Crippen LogP contribution in [0.2, 0.25) is 0 Å². The molecule has 0 aliphatic carbocycles. The largest absolute Gasteiger partial charge is 0.387 e. The van der Waals surface area contributed by atoms with Crippen molar-refractivity contribution in [1.82, 2.24) is 15.5 Å². The zero-order valence-corrected chi connectivity index (χ0v) is 17.7. The summed E-state index contributed by atoms with van der Waals surface area (Å²) < 4.78 is 10.7. The van der Waals surface area contributed by atoms with Crippen molar-refractivity contribution in [2.75, 3.05) is 65.7 Å². The molecule has 1 fully saturated rings. The van der Waals surface area contributed by atoms with E-state index in [0.29, 0.717) is 13.1 Å². The number of rotatable bonds is 10. The van der Waals surface area contributed by atoms with Crippen LogP contribution >= 0.6 is 24.0 Å². The van der Waals surface area contributed by atoms with Crippen LogP contribution in [-0.2, 0) is 9.47 Å². The summed E-state index contributed by atoms with van der Waals surface area (Å²) in [5, 5.41) is 17.0. The maximum atomic E-state index is 10.6. The molecule has 0 bridgehead atoms. The highest BCUT2D eigenvalue weighted by Crippen LogP contribution is 2.09. The number of guanidine groups is 1. The van der Waals surface area contributed by atoms with Crippen LogP contribution in [0.5, 0.6) is 0 Å². The number of aliphatic imine (C=N–C) groups is 1. The fraction of sp³-hybridized carbons (Fsp3) is 0.938. The average molecular weight is 458 g/mol. The number of β-amino-alcohol motifs (C(OH)–C–C–N with tert-alkyl or cyclic N) is 1. The molecule has 0 aromatic heterocycles. The number of aliphatic hydroxyl groups is 1. The summed E-state index contributed by atoms with van der Waals surface area (Å²) in [4.78, 5) is 6.74. The van der Waals surface area contributed by atoms with Gasteiger partial charge in [0.15, 0.2) is 5.96 Å². The third kappa shape index (κ3) is 11.4. The van der Waals surface area contributed by atoms with Crippen molar-refractivity contribution in [3.8, 4) is 0 Å². The standard InChI is InChI=1S/C16H34N4O3.HI/c1-4-17-15(18-7-6-10-22-5-2)19-13-16(3,21)14-20-8-11-23-12-9-20;/h21H,4-14H2,1-3H3,(H2,17,18,19);1H. The van der Waals surface area contributed by atoms with E-state index in [4.69, 9.17) is 9.47 Å². The Morgan fingerprint density at radius 2 is 2.00 bits per heavy atom. The van der Waals surface area contributed by atoms with E-state index in [1.807, 2.05) is 20.8 Å². The molecular weight excluding hydrogens is 423 g/mol. The van der Waals surface area contributed by atoms with Crippen molar-refractivity contribution in [3.05, 3.63) is 0 Å². The van der Waals surface area contributed by atoms with Crippen molar-refractivity contribution in [3.63, 3.8) is 0 Å². The van der Waals surface area contributed by atoms with Crippen LogP contribution in [0, 0.1) is 0 Å². The average Bonchev–Trinajstić information content (AvgIpc) is 2.53. The molecule has 8 heteroatoms. The second-order valence-corrected chi connectivity index (χ2v) is 6.06. The third-order valence-electron chi connectivity index (χ3n) is 3.55. The Morgan fingerprint density at radius 1 is 1.29 bits per heavy atom. The van der Waals surface area contributed by atoms with Gasteiger partial charge in [0.25, 0.3) is 0 Å². The molecule has 1 unspecified atom stereocenters. The van der Waals surface area contributed by atoms with E-state index < -0.39 is 5.60 Å². The second kappa shape index (κ2) is 14.1.